The summed E-state index contributed by atoms with van der Waals surface area (Å²) >= 11 is 0. The van der Waals surface area contributed by atoms with E-state index >= 15 is 0 Å². The van der Waals surface area contributed by atoms with Gasteiger partial charge in [0.15, 0.2) is 0 Å². The van der Waals surface area contributed by atoms with E-state index in [9.17, 15) is 13.2 Å². The van der Waals surface area contributed by atoms with Crippen LogP contribution in [0.25, 0.3) is 0 Å². The molecule has 6 nitrogen and oxygen atoms in total. The second-order valence-corrected chi connectivity index (χ2v) is 5.17. The molecule has 0 aliphatic heterocycles. The number of nitrogens with one attached hydrogen (secondary N) is 2. The molecule has 94 valence electrons. The first-order valence-corrected chi connectivity index (χ1v) is 6.42. The van der Waals surface area contributed by atoms with Crippen LogP contribution in [0.4, 0.5) is 0 Å². The molecule has 0 heterocycles. The van der Waals surface area contributed by atoms with Crippen LogP contribution in [-0.4, -0.2) is 25.8 Å². The Morgan fingerprint density at radius 3 is 2.35 bits per heavy atom. The predicted molar refractivity (Wildman–Crippen MR) is 63.8 cm³/mol. The number of nitrogens with zero attached hydrogens (tertiary/aromatic N) is 1. The van der Waals surface area contributed by atoms with Gasteiger partial charge in [0.1, 0.15) is 0 Å². The van der Waals surface area contributed by atoms with Crippen molar-refractivity contribution in [2.75, 3.05) is 7.05 Å². The number of hydrogen-bond acceptors (Lipinski definition) is 3. The smallest absolute Gasteiger partial charge is 0.274 e. The van der Waals surface area contributed by atoms with Crippen molar-refractivity contribution in [2.45, 2.75) is 13.5 Å². The molecular weight excluding hydrogens is 242 g/mol. The summed E-state index contributed by atoms with van der Waals surface area (Å²) < 4.78 is 26.3. The van der Waals surface area contributed by atoms with E-state index < -0.39 is 16.1 Å². The van der Waals surface area contributed by atoms with E-state index in [0.717, 1.165) is 9.98 Å². The molecule has 1 amide bonds. The van der Waals surface area contributed by atoms with E-state index in [0.29, 0.717) is 0 Å². The molecule has 0 saturated carbocycles. The van der Waals surface area contributed by atoms with Crippen LogP contribution in [0.3, 0.4) is 0 Å². The molecule has 0 aliphatic carbocycles. The zero-order chi connectivity index (χ0) is 12.9. The fourth-order valence-electron chi connectivity index (χ4n) is 1.22. The minimum atomic E-state index is -3.70. The van der Waals surface area contributed by atoms with Gasteiger partial charge in [-0.2, -0.15) is 8.42 Å². The summed E-state index contributed by atoms with van der Waals surface area (Å²) in [5.41, 5.74) is 3.04. The minimum absolute atomic E-state index is 0.0730. The number of hydrogen-bond donors (Lipinski definition) is 2. The zero-order valence-electron chi connectivity index (χ0n) is 9.67. The first kappa shape index (κ1) is 13.6. The van der Waals surface area contributed by atoms with Crippen molar-refractivity contribution < 1.29 is 13.2 Å². The number of benzene rings is 1. The van der Waals surface area contributed by atoms with Gasteiger partial charge in [-0.25, -0.2) is 4.72 Å². The highest BCUT2D eigenvalue weighted by Crippen LogP contribution is 2.05. The number of amides is 1. The quantitative estimate of drug-likeness (QED) is 0.729. The van der Waals surface area contributed by atoms with Gasteiger partial charge in [-0.05, 0) is 5.56 Å². The highest BCUT2D eigenvalue weighted by molar-refractivity contribution is 7.87. The molecule has 0 bridgehead atoms. The summed E-state index contributed by atoms with van der Waals surface area (Å²) in [7, 11) is -2.42. The lowest BCUT2D eigenvalue weighted by Crippen LogP contribution is -2.48. The van der Waals surface area contributed by atoms with Gasteiger partial charge in [0.05, 0.1) is 6.54 Å². The summed E-state index contributed by atoms with van der Waals surface area (Å²) in [6.07, 6.45) is 0. The molecule has 17 heavy (non-hydrogen) atoms. The molecule has 0 atom stereocenters. The lowest BCUT2D eigenvalue weighted by molar-refractivity contribution is -0.122. The molecule has 0 spiro atoms. The van der Waals surface area contributed by atoms with Crippen molar-refractivity contribution in [2.24, 2.45) is 0 Å². The van der Waals surface area contributed by atoms with E-state index in [2.05, 4.69) is 10.1 Å². The van der Waals surface area contributed by atoms with E-state index in [1.165, 1.54) is 14.0 Å². The highest BCUT2D eigenvalue weighted by Gasteiger charge is 2.21. The molecule has 7 heteroatoms. The minimum Gasteiger partial charge on any atom is -0.274 e. The Morgan fingerprint density at radius 1 is 1.29 bits per heavy atom. The molecular formula is C10H15N3O3S. The van der Waals surface area contributed by atoms with Crippen molar-refractivity contribution in [1.29, 1.82) is 0 Å². The van der Waals surface area contributed by atoms with E-state index in [1.807, 2.05) is 6.07 Å². The van der Waals surface area contributed by atoms with Crippen molar-refractivity contribution in [3.63, 3.8) is 0 Å². The third-order valence-corrected chi connectivity index (χ3v) is 3.32. The van der Waals surface area contributed by atoms with Gasteiger partial charge in [0.2, 0.25) is 5.91 Å². The van der Waals surface area contributed by atoms with Crippen LogP contribution in [0.2, 0.25) is 0 Å². The fraction of sp³-hybridized carbons (Fsp3) is 0.300. The summed E-state index contributed by atoms with van der Waals surface area (Å²) in [6.45, 7) is 1.33. The van der Waals surface area contributed by atoms with Crippen molar-refractivity contribution in [1.82, 2.24) is 14.6 Å². The van der Waals surface area contributed by atoms with E-state index in [1.54, 1.807) is 24.3 Å². The largest absolute Gasteiger partial charge is 0.296 e. The first-order valence-electron chi connectivity index (χ1n) is 4.98. The lowest BCUT2D eigenvalue weighted by atomic mass is 10.2. The Hall–Kier alpha value is -1.44. The first-order chi connectivity index (χ1) is 7.95. The van der Waals surface area contributed by atoms with Crippen LogP contribution < -0.4 is 10.1 Å². The van der Waals surface area contributed by atoms with E-state index in [-0.39, 0.29) is 6.54 Å². The molecule has 0 unspecified atom stereocenters. The van der Waals surface area contributed by atoms with Gasteiger partial charge in [0.25, 0.3) is 10.2 Å². The monoisotopic (exact) mass is 257 g/mol. The average molecular weight is 257 g/mol. The molecule has 1 aromatic rings. The molecule has 0 aromatic heterocycles. The van der Waals surface area contributed by atoms with Gasteiger partial charge in [0, 0.05) is 14.0 Å². The number of rotatable bonds is 5. The maximum atomic E-state index is 11.6. The number of hydrazine groups is 1. The van der Waals surface area contributed by atoms with Crippen LogP contribution in [0.5, 0.6) is 0 Å². The van der Waals surface area contributed by atoms with Crippen LogP contribution >= 0.6 is 0 Å². The van der Waals surface area contributed by atoms with Gasteiger partial charge in [-0.3, -0.25) is 10.2 Å². The molecule has 0 radical (unpaired) electrons. The van der Waals surface area contributed by atoms with Gasteiger partial charge in [-0.15, -0.1) is 0 Å². The summed E-state index contributed by atoms with van der Waals surface area (Å²) in [6, 6.07) is 8.99. The molecule has 2 N–H and O–H groups in total. The Balaban J connectivity index is 2.89. The Kier molecular flexibility index (Phi) is 4.62. The Labute approximate surface area is 101 Å². The van der Waals surface area contributed by atoms with Crippen LogP contribution in [-0.2, 0) is 21.5 Å². The average Bonchev–Trinajstić information content (AvgIpc) is 2.29. The number of carbonyl (C=O) groups is 1. The molecule has 1 rings (SSSR count). The zero-order valence-corrected chi connectivity index (χ0v) is 10.5. The third-order valence-electron chi connectivity index (χ3n) is 2.00. The predicted octanol–water partition coefficient (Wildman–Crippen LogP) is 0.00390. The van der Waals surface area contributed by atoms with Gasteiger partial charge in [-0.1, -0.05) is 34.7 Å². The topological polar surface area (TPSA) is 78.5 Å². The van der Waals surface area contributed by atoms with Gasteiger partial charge < -0.3 is 0 Å². The summed E-state index contributed by atoms with van der Waals surface area (Å²) in [5.74, 6) is -0.445. The molecule has 1 aromatic carbocycles. The molecule has 0 fully saturated rings. The SMILES string of the molecule is CNS(=O)(=O)N(Cc1ccccc1)NC(C)=O. The van der Waals surface area contributed by atoms with E-state index in [4.69, 9.17) is 0 Å². The van der Waals surface area contributed by atoms with Crippen molar-refractivity contribution in [3.8, 4) is 0 Å². The summed E-state index contributed by atoms with van der Waals surface area (Å²) in [4.78, 5) is 11.0. The third kappa shape index (κ3) is 4.14. The fourth-order valence-corrected chi connectivity index (χ4v) is 2.01. The molecule has 0 saturated heterocycles. The van der Waals surface area contributed by atoms with Crippen molar-refractivity contribution >= 4 is 16.1 Å². The molecule has 0 aliphatic rings. The standard InChI is InChI=1S/C10H15N3O3S/c1-9(14)12-13(17(15,16)11-2)8-10-6-4-3-5-7-10/h3-7,11H,8H2,1-2H3,(H,12,14). The number of carbonyl (C=O) groups excluding carboxylic acids is 1. The van der Waals surface area contributed by atoms with Crippen LogP contribution in [0, 0.1) is 0 Å². The Morgan fingerprint density at radius 2 is 1.88 bits per heavy atom. The van der Waals surface area contributed by atoms with Gasteiger partial charge >= 0.3 is 0 Å². The lowest BCUT2D eigenvalue weighted by Gasteiger charge is -2.21. The van der Waals surface area contributed by atoms with Crippen molar-refractivity contribution in [3.05, 3.63) is 35.9 Å². The Bertz CT molecular complexity index is 473. The van der Waals surface area contributed by atoms with Crippen LogP contribution in [0.1, 0.15) is 12.5 Å². The van der Waals surface area contributed by atoms with Crippen LogP contribution in [0.15, 0.2) is 30.3 Å². The second kappa shape index (κ2) is 5.76. The second-order valence-electron chi connectivity index (χ2n) is 3.37. The maximum absolute atomic E-state index is 11.6. The highest BCUT2D eigenvalue weighted by atomic mass is 32.2. The maximum Gasteiger partial charge on any atom is 0.296 e. The summed E-state index contributed by atoms with van der Waals surface area (Å²) in [5, 5.41) is 0. The normalized spacial score (nSPS) is 11.5.